The predicted molar refractivity (Wildman–Crippen MR) is 71.1 cm³/mol. The quantitative estimate of drug-likeness (QED) is 0.792. The first kappa shape index (κ1) is 11.7. The number of nitrogens with two attached hydrogens (primary N) is 1. The van der Waals surface area contributed by atoms with Crippen molar-refractivity contribution in [2.24, 2.45) is 0 Å². The molecule has 0 saturated carbocycles. The van der Waals surface area contributed by atoms with E-state index in [0.717, 1.165) is 22.1 Å². The highest BCUT2D eigenvalue weighted by Gasteiger charge is 2.07. The van der Waals surface area contributed by atoms with E-state index in [2.05, 4.69) is 17.2 Å². The number of aromatic nitrogens is 1. The number of ether oxygens (including phenoxy) is 1. The summed E-state index contributed by atoms with van der Waals surface area (Å²) in [6.07, 6.45) is 3.56. The van der Waals surface area contributed by atoms with Gasteiger partial charge < -0.3 is 15.8 Å². The molecule has 0 bridgehead atoms. The van der Waals surface area contributed by atoms with Crippen LogP contribution in [0.2, 0.25) is 0 Å². The summed E-state index contributed by atoms with van der Waals surface area (Å²) in [4.78, 5) is 4.08. The van der Waals surface area contributed by atoms with Gasteiger partial charge in [-0.15, -0.1) is 0 Å². The monoisotopic (exact) mass is 231 g/mol. The molecule has 0 aliphatic rings. The van der Waals surface area contributed by atoms with Crippen LogP contribution in [-0.2, 0) is 4.74 Å². The summed E-state index contributed by atoms with van der Waals surface area (Å²) in [5.41, 5.74) is 7.83. The third kappa shape index (κ3) is 2.47. The Kier molecular flexibility index (Phi) is 3.44. The van der Waals surface area contributed by atoms with Crippen LogP contribution < -0.4 is 11.1 Å². The van der Waals surface area contributed by atoms with Gasteiger partial charge in [-0.05, 0) is 19.1 Å². The zero-order valence-corrected chi connectivity index (χ0v) is 10.1. The van der Waals surface area contributed by atoms with Crippen LogP contribution in [0.5, 0.6) is 0 Å². The molecule has 17 heavy (non-hydrogen) atoms. The van der Waals surface area contributed by atoms with Gasteiger partial charge in [0.15, 0.2) is 0 Å². The Hall–Kier alpha value is -1.81. The number of methoxy groups -OCH3 is 1. The molecule has 1 atom stereocenters. The van der Waals surface area contributed by atoms with E-state index in [1.54, 1.807) is 13.3 Å². The molecular weight excluding hydrogens is 214 g/mol. The van der Waals surface area contributed by atoms with Crippen molar-refractivity contribution in [1.29, 1.82) is 0 Å². The maximum Gasteiger partial charge on any atom is 0.0661 e. The van der Waals surface area contributed by atoms with Crippen LogP contribution in [0.4, 0.5) is 11.4 Å². The zero-order chi connectivity index (χ0) is 12.3. The number of pyridine rings is 1. The number of anilines is 2. The van der Waals surface area contributed by atoms with Crippen molar-refractivity contribution < 1.29 is 4.74 Å². The lowest BCUT2D eigenvalue weighted by Crippen LogP contribution is -2.21. The summed E-state index contributed by atoms with van der Waals surface area (Å²) in [6.45, 7) is 2.70. The van der Waals surface area contributed by atoms with Crippen molar-refractivity contribution in [3.63, 3.8) is 0 Å². The van der Waals surface area contributed by atoms with Gasteiger partial charge in [-0.25, -0.2) is 0 Å². The smallest absolute Gasteiger partial charge is 0.0661 e. The second-order valence-electron chi connectivity index (χ2n) is 4.12. The second-order valence-corrected chi connectivity index (χ2v) is 4.12. The summed E-state index contributed by atoms with van der Waals surface area (Å²) in [7, 11) is 1.69. The third-order valence-electron chi connectivity index (χ3n) is 2.68. The van der Waals surface area contributed by atoms with Crippen LogP contribution in [0.25, 0.3) is 10.8 Å². The van der Waals surface area contributed by atoms with Crippen LogP contribution in [0.15, 0.2) is 30.6 Å². The van der Waals surface area contributed by atoms with Gasteiger partial charge >= 0.3 is 0 Å². The van der Waals surface area contributed by atoms with Crippen molar-refractivity contribution in [3.8, 4) is 0 Å². The van der Waals surface area contributed by atoms with Crippen molar-refractivity contribution >= 4 is 22.1 Å². The molecule has 1 aromatic carbocycles. The minimum absolute atomic E-state index is 0.224. The molecule has 1 heterocycles. The molecule has 2 aromatic rings. The molecule has 1 unspecified atom stereocenters. The second kappa shape index (κ2) is 5.01. The van der Waals surface area contributed by atoms with Gasteiger partial charge in [-0.2, -0.15) is 0 Å². The highest BCUT2D eigenvalue weighted by Crippen LogP contribution is 2.28. The fraction of sp³-hybridized carbons (Fsp3) is 0.308. The molecule has 4 heteroatoms. The van der Waals surface area contributed by atoms with E-state index < -0.39 is 0 Å². The van der Waals surface area contributed by atoms with Crippen molar-refractivity contribution in [3.05, 3.63) is 30.6 Å². The van der Waals surface area contributed by atoms with Crippen LogP contribution in [0, 0.1) is 0 Å². The predicted octanol–water partition coefficient (Wildman–Crippen LogP) is 2.26. The summed E-state index contributed by atoms with van der Waals surface area (Å²) in [6, 6.07) is 6.14. The minimum atomic E-state index is 0.224. The van der Waals surface area contributed by atoms with Gasteiger partial charge in [-0.1, -0.05) is 6.07 Å². The Morgan fingerprint density at radius 1 is 1.41 bits per heavy atom. The Labute approximate surface area is 101 Å². The van der Waals surface area contributed by atoms with Crippen molar-refractivity contribution in [2.75, 3.05) is 24.8 Å². The molecule has 0 amide bonds. The summed E-state index contributed by atoms with van der Waals surface area (Å²) >= 11 is 0. The SMILES string of the molecule is COCC(C)Nc1ccc2cnccc2c1N. The molecule has 4 nitrogen and oxygen atoms in total. The molecule has 0 aliphatic carbocycles. The fourth-order valence-electron chi connectivity index (χ4n) is 1.88. The van der Waals surface area contributed by atoms with E-state index in [9.17, 15) is 0 Å². The summed E-state index contributed by atoms with van der Waals surface area (Å²) in [5.74, 6) is 0. The van der Waals surface area contributed by atoms with Gasteiger partial charge in [0.2, 0.25) is 0 Å². The van der Waals surface area contributed by atoms with Gasteiger partial charge in [0.25, 0.3) is 0 Å². The topological polar surface area (TPSA) is 60.2 Å². The van der Waals surface area contributed by atoms with Gasteiger partial charge in [0.1, 0.15) is 0 Å². The van der Waals surface area contributed by atoms with Crippen molar-refractivity contribution in [1.82, 2.24) is 4.98 Å². The number of fused-ring (bicyclic) bond motifs is 1. The third-order valence-corrected chi connectivity index (χ3v) is 2.68. The Bertz CT molecular complexity index is 513. The first-order valence-electron chi connectivity index (χ1n) is 5.60. The normalized spacial score (nSPS) is 12.6. The molecular formula is C13H17N3O. The number of hydrogen-bond donors (Lipinski definition) is 2. The van der Waals surface area contributed by atoms with E-state index in [1.165, 1.54) is 0 Å². The van der Waals surface area contributed by atoms with E-state index >= 15 is 0 Å². The maximum atomic E-state index is 6.13. The average molecular weight is 231 g/mol. The Morgan fingerprint density at radius 2 is 2.24 bits per heavy atom. The van der Waals surface area contributed by atoms with E-state index in [-0.39, 0.29) is 6.04 Å². The van der Waals surface area contributed by atoms with Crippen LogP contribution in [-0.4, -0.2) is 24.7 Å². The molecule has 0 aliphatic heterocycles. The van der Waals surface area contributed by atoms with Crippen LogP contribution in [0.1, 0.15) is 6.92 Å². The summed E-state index contributed by atoms with van der Waals surface area (Å²) < 4.78 is 5.09. The number of nitrogens with one attached hydrogen (secondary N) is 1. The van der Waals surface area contributed by atoms with Gasteiger partial charge in [0.05, 0.1) is 18.0 Å². The zero-order valence-electron chi connectivity index (χ0n) is 10.1. The Balaban J connectivity index is 2.32. The standard InChI is InChI=1S/C13H17N3O/c1-9(8-17-2)16-12-4-3-10-7-15-6-5-11(10)13(12)14/h3-7,9,16H,8,14H2,1-2H3. The average Bonchev–Trinajstić information content (AvgIpc) is 2.33. The number of benzene rings is 1. The number of rotatable bonds is 4. The number of hydrogen-bond acceptors (Lipinski definition) is 4. The summed E-state index contributed by atoms with van der Waals surface area (Å²) in [5, 5.41) is 5.41. The minimum Gasteiger partial charge on any atom is -0.397 e. The largest absolute Gasteiger partial charge is 0.397 e. The van der Waals surface area contributed by atoms with E-state index in [4.69, 9.17) is 10.5 Å². The van der Waals surface area contributed by atoms with E-state index in [0.29, 0.717) is 6.61 Å². The highest BCUT2D eigenvalue weighted by atomic mass is 16.5. The molecule has 3 N–H and O–H groups in total. The fourth-order valence-corrected chi connectivity index (χ4v) is 1.88. The van der Waals surface area contributed by atoms with Crippen LogP contribution in [0.3, 0.4) is 0 Å². The molecule has 0 saturated heterocycles. The first-order chi connectivity index (χ1) is 8.22. The van der Waals surface area contributed by atoms with Gasteiger partial charge in [0, 0.05) is 36.3 Å². The number of nitrogen functional groups attached to an aromatic ring is 1. The molecule has 1 aromatic heterocycles. The lowest BCUT2D eigenvalue weighted by Gasteiger charge is -2.16. The van der Waals surface area contributed by atoms with Crippen molar-refractivity contribution in [2.45, 2.75) is 13.0 Å². The number of nitrogens with zero attached hydrogens (tertiary/aromatic N) is 1. The molecule has 2 rings (SSSR count). The lowest BCUT2D eigenvalue weighted by atomic mass is 10.1. The molecule has 90 valence electrons. The van der Waals surface area contributed by atoms with Gasteiger partial charge in [-0.3, -0.25) is 4.98 Å². The molecule has 0 spiro atoms. The highest BCUT2D eigenvalue weighted by molar-refractivity contribution is 5.98. The van der Waals surface area contributed by atoms with E-state index in [1.807, 2.05) is 24.4 Å². The first-order valence-corrected chi connectivity index (χ1v) is 5.60. The lowest BCUT2D eigenvalue weighted by molar-refractivity contribution is 0.190. The Morgan fingerprint density at radius 3 is 3.00 bits per heavy atom. The maximum absolute atomic E-state index is 6.13. The molecule has 0 radical (unpaired) electrons. The molecule has 0 fully saturated rings. The van der Waals surface area contributed by atoms with Crippen LogP contribution >= 0.6 is 0 Å².